The second-order valence-corrected chi connectivity index (χ2v) is 10.1. The summed E-state index contributed by atoms with van der Waals surface area (Å²) in [5, 5.41) is 5.90. The average Bonchev–Trinajstić information content (AvgIpc) is 3.27. The Bertz CT molecular complexity index is 1330. The summed E-state index contributed by atoms with van der Waals surface area (Å²) in [7, 11) is 0. The highest BCUT2D eigenvalue weighted by Gasteiger charge is 2.15. The lowest BCUT2D eigenvalue weighted by molar-refractivity contribution is 0.0986. The number of ether oxygens (including phenoxy) is 1. The lowest BCUT2D eigenvalue weighted by Crippen LogP contribution is -2.43. The van der Waals surface area contributed by atoms with Gasteiger partial charge in [-0.3, -0.25) is 4.79 Å². The number of Topliss-reactive ketones (excluding diaryl/α,β-unsaturated/α-hetero) is 1. The van der Waals surface area contributed by atoms with E-state index in [9.17, 15) is 4.79 Å². The summed E-state index contributed by atoms with van der Waals surface area (Å²) >= 11 is 7.83. The molecule has 3 N–H and O–H groups in total. The van der Waals surface area contributed by atoms with Gasteiger partial charge >= 0.3 is 0 Å². The summed E-state index contributed by atoms with van der Waals surface area (Å²) in [6, 6.07) is 17.9. The zero-order valence-electron chi connectivity index (χ0n) is 19.3. The van der Waals surface area contributed by atoms with E-state index < -0.39 is 0 Å². The van der Waals surface area contributed by atoms with E-state index in [0.29, 0.717) is 35.2 Å². The molecule has 5 rings (SSSR count). The van der Waals surface area contributed by atoms with E-state index in [-0.39, 0.29) is 13.2 Å². The van der Waals surface area contributed by atoms with E-state index in [1.165, 1.54) is 17.0 Å². The van der Waals surface area contributed by atoms with E-state index in [1.54, 1.807) is 12.3 Å². The normalized spacial score (nSPS) is 13.4. The van der Waals surface area contributed by atoms with Gasteiger partial charge in [0.2, 0.25) is 0 Å². The number of aryl methyl sites for hydroxylation is 1. The summed E-state index contributed by atoms with van der Waals surface area (Å²) in [5.74, 6) is 1.38. The Morgan fingerprint density at radius 3 is 2.67 bits per heavy atom. The molecule has 0 unspecified atom stereocenters. The van der Waals surface area contributed by atoms with Crippen molar-refractivity contribution in [2.24, 2.45) is 0 Å². The summed E-state index contributed by atoms with van der Waals surface area (Å²) < 4.78 is 5.96. The third kappa shape index (κ3) is 5.98. The Hall–Kier alpha value is -3.13. The van der Waals surface area contributed by atoms with Gasteiger partial charge < -0.3 is 20.7 Å². The molecule has 0 radical (unpaired) electrons. The maximum atomic E-state index is 12.8. The third-order valence-electron chi connectivity index (χ3n) is 6.22. The first-order chi connectivity index (χ1) is 17.1. The van der Waals surface area contributed by atoms with Gasteiger partial charge in [-0.15, -0.1) is 11.3 Å². The fraction of sp³-hybridized carbons (Fsp3) is 0.286. The highest BCUT2D eigenvalue weighted by atomic mass is 35.5. The predicted octanol–water partition coefficient (Wildman–Crippen LogP) is 5.97. The molecule has 188 valence electrons. The third-order valence-corrected chi connectivity index (χ3v) is 7.82. The molecule has 1 saturated heterocycles. The minimum absolute atomic E-state index is 0. The molecule has 2 aromatic heterocycles. The first-order valence-corrected chi connectivity index (χ1v) is 12.9. The van der Waals surface area contributed by atoms with Crippen molar-refractivity contribution in [3.8, 4) is 5.75 Å². The van der Waals surface area contributed by atoms with Gasteiger partial charge in [-0.2, -0.15) is 0 Å². The van der Waals surface area contributed by atoms with Gasteiger partial charge in [0, 0.05) is 49.9 Å². The molecule has 0 saturated carbocycles. The fourth-order valence-electron chi connectivity index (χ4n) is 4.25. The largest absolute Gasteiger partial charge is 0.488 e. The first-order valence-electron chi connectivity index (χ1n) is 11.7. The molecule has 0 aliphatic carbocycles. The van der Waals surface area contributed by atoms with Crippen molar-refractivity contribution in [3.05, 3.63) is 81.1 Å². The number of hydrogen-bond donors (Lipinski definition) is 2. The van der Waals surface area contributed by atoms with Gasteiger partial charge in [-0.05, 0) is 53.8 Å². The van der Waals surface area contributed by atoms with Gasteiger partial charge in [0.15, 0.2) is 5.78 Å². The molecular weight excluding hydrogens is 492 g/mol. The number of fused-ring (bicyclic) bond motifs is 1. The number of rotatable bonds is 8. The van der Waals surface area contributed by atoms with E-state index in [1.807, 2.05) is 30.3 Å². The number of anilines is 2. The second kappa shape index (κ2) is 11.7. The number of nitrogens with two attached hydrogens (primary N) is 1. The van der Waals surface area contributed by atoms with E-state index in [4.69, 9.17) is 22.1 Å². The molecular formula is C28H31ClN4O2S. The van der Waals surface area contributed by atoms with Crippen molar-refractivity contribution in [3.63, 3.8) is 0 Å². The Morgan fingerprint density at radius 1 is 1.11 bits per heavy atom. The topological polar surface area (TPSA) is 80.5 Å². The number of thiophene rings is 1. The monoisotopic (exact) mass is 522 g/mol. The molecule has 0 amide bonds. The Balaban J connectivity index is 0.00000304. The number of aromatic nitrogens is 1. The summed E-state index contributed by atoms with van der Waals surface area (Å²) in [4.78, 5) is 20.8. The number of piperazine rings is 1. The number of carbonyl (C=O) groups is 1. The maximum absolute atomic E-state index is 12.8. The number of pyridine rings is 1. The second-order valence-electron chi connectivity index (χ2n) is 8.58. The zero-order chi connectivity index (χ0) is 24.2. The van der Waals surface area contributed by atoms with Crippen LogP contribution in [0.2, 0.25) is 5.02 Å². The van der Waals surface area contributed by atoms with Crippen molar-refractivity contribution in [1.29, 1.82) is 0 Å². The summed E-state index contributed by atoms with van der Waals surface area (Å²) in [6.07, 6.45) is 2.76. The molecule has 2 aromatic carbocycles. The zero-order valence-corrected chi connectivity index (χ0v) is 20.9. The summed E-state index contributed by atoms with van der Waals surface area (Å²) in [5.41, 5.74) is 8.22. The van der Waals surface area contributed by atoms with Crippen molar-refractivity contribution in [1.82, 2.24) is 10.3 Å². The number of hydrogen-bond acceptors (Lipinski definition) is 7. The fourth-order valence-corrected chi connectivity index (χ4v) is 5.53. The molecule has 0 bridgehead atoms. The quantitative estimate of drug-likeness (QED) is 0.277. The standard InChI is InChI=1S/C27H27ClN4O2S.CH4/c28-23-16-25(24(33)8-2-18-1-7-22-19(15-18)9-10-31-27(22)29)35-26(23)17-34-21-5-3-20(4-6-21)32-13-11-30-12-14-32;/h1,3-7,9-10,15-16,30H,2,8,11-14,17H2,(H2,29,31);1H4. The molecule has 0 atom stereocenters. The number of benzene rings is 2. The highest BCUT2D eigenvalue weighted by Crippen LogP contribution is 2.30. The van der Waals surface area contributed by atoms with Crippen LogP contribution in [0, 0.1) is 0 Å². The minimum atomic E-state index is 0. The van der Waals surface area contributed by atoms with E-state index in [2.05, 4.69) is 33.4 Å². The molecule has 4 aromatic rings. The molecule has 8 heteroatoms. The van der Waals surface area contributed by atoms with Crippen LogP contribution in [0.5, 0.6) is 5.75 Å². The smallest absolute Gasteiger partial charge is 0.173 e. The van der Waals surface area contributed by atoms with Crippen molar-refractivity contribution < 1.29 is 9.53 Å². The van der Waals surface area contributed by atoms with Crippen LogP contribution >= 0.6 is 22.9 Å². The molecule has 1 aliphatic rings. The van der Waals surface area contributed by atoms with Gasteiger partial charge in [0.25, 0.3) is 0 Å². The van der Waals surface area contributed by atoms with Crippen LogP contribution in [0.15, 0.2) is 60.8 Å². The van der Waals surface area contributed by atoms with Crippen LogP contribution < -0.4 is 20.7 Å². The van der Waals surface area contributed by atoms with Gasteiger partial charge in [-0.25, -0.2) is 4.98 Å². The molecule has 36 heavy (non-hydrogen) atoms. The minimum Gasteiger partial charge on any atom is -0.488 e. The van der Waals surface area contributed by atoms with Crippen LogP contribution in [0.1, 0.15) is 34.0 Å². The molecule has 6 nitrogen and oxygen atoms in total. The number of nitrogens with one attached hydrogen (secondary N) is 1. The predicted molar refractivity (Wildman–Crippen MR) is 151 cm³/mol. The number of ketones is 1. The van der Waals surface area contributed by atoms with Gasteiger partial charge in [0.05, 0.1) is 14.8 Å². The average molecular weight is 523 g/mol. The van der Waals surface area contributed by atoms with Crippen molar-refractivity contribution in [2.45, 2.75) is 26.9 Å². The molecule has 1 fully saturated rings. The van der Waals surface area contributed by atoms with Crippen LogP contribution in [0.3, 0.4) is 0 Å². The van der Waals surface area contributed by atoms with Crippen LogP contribution in [0.25, 0.3) is 10.8 Å². The number of nitrogen functional groups attached to an aromatic ring is 1. The van der Waals surface area contributed by atoms with Gasteiger partial charge in [-0.1, -0.05) is 37.2 Å². The lowest BCUT2D eigenvalue weighted by Gasteiger charge is -2.29. The van der Waals surface area contributed by atoms with Crippen LogP contribution in [-0.4, -0.2) is 36.9 Å². The summed E-state index contributed by atoms with van der Waals surface area (Å²) in [6.45, 7) is 4.37. The Morgan fingerprint density at radius 2 is 1.89 bits per heavy atom. The Labute approximate surface area is 221 Å². The maximum Gasteiger partial charge on any atom is 0.173 e. The number of carbonyl (C=O) groups excluding carboxylic acids is 1. The van der Waals surface area contributed by atoms with E-state index in [0.717, 1.165) is 53.1 Å². The highest BCUT2D eigenvalue weighted by molar-refractivity contribution is 7.14. The lowest BCUT2D eigenvalue weighted by atomic mass is 10.0. The Kier molecular flexibility index (Phi) is 8.46. The number of halogens is 1. The van der Waals surface area contributed by atoms with Crippen molar-refractivity contribution >= 4 is 51.0 Å². The number of nitrogens with zero attached hydrogens (tertiary/aromatic N) is 2. The van der Waals surface area contributed by atoms with Crippen LogP contribution in [-0.2, 0) is 13.0 Å². The van der Waals surface area contributed by atoms with Gasteiger partial charge in [0.1, 0.15) is 18.2 Å². The molecule has 1 aliphatic heterocycles. The first kappa shape index (κ1) is 25.9. The molecule has 0 spiro atoms. The SMILES string of the molecule is C.Nc1nccc2cc(CCC(=O)c3cc(Cl)c(COc4ccc(N5CCNCC5)cc4)s3)ccc12. The van der Waals surface area contributed by atoms with Crippen molar-refractivity contribution in [2.75, 3.05) is 36.8 Å². The van der Waals surface area contributed by atoms with Crippen LogP contribution in [0.4, 0.5) is 11.5 Å². The van der Waals surface area contributed by atoms with E-state index >= 15 is 0 Å². The molecule has 3 heterocycles.